The molecule has 1 atom stereocenters. The van der Waals surface area contributed by atoms with Gasteiger partial charge in [-0.2, -0.15) is 5.10 Å². The lowest BCUT2D eigenvalue weighted by molar-refractivity contribution is 0.0364. The molecular formula is C16H22N4O3. The SMILES string of the molecule is CC(C)c1cc(C(=O)N2CCCOC(Cn3cccn3)C2)no1. The zero-order valence-corrected chi connectivity index (χ0v) is 13.5. The molecule has 1 aliphatic heterocycles. The Kier molecular flexibility index (Phi) is 4.76. The third-order valence-electron chi connectivity index (χ3n) is 3.90. The first-order valence-electron chi connectivity index (χ1n) is 7.98. The van der Waals surface area contributed by atoms with Crippen LogP contribution in [0.15, 0.2) is 29.0 Å². The second-order valence-electron chi connectivity index (χ2n) is 6.09. The second-order valence-corrected chi connectivity index (χ2v) is 6.09. The van der Waals surface area contributed by atoms with E-state index in [1.165, 1.54) is 0 Å². The van der Waals surface area contributed by atoms with Crippen molar-refractivity contribution in [1.82, 2.24) is 19.8 Å². The molecule has 0 radical (unpaired) electrons. The summed E-state index contributed by atoms with van der Waals surface area (Å²) < 4.78 is 12.9. The van der Waals surface area contributed by atoms with Gasteiger partial charge in [-0.15, -0.1) is 0 Å². The monoisotopic (exact) mass is 318 g/mol. The van der Waals surface area contributed by atoms with Gasteiger partial charge in [-0.3, -0.25) is 9.48 Å². The molecule has 0 saturated carbocycles. The van der Waals surface area contributed by atoms with Crippen molar-refractivity contribution in [2.45, 2.75) is 38.8 Å². The minimum absolute atomic E-state index is 0.0715. The van der Waals surface area contributed by atoms with Gasteiger partial charge >= 0.3 is 0 Å². The molecule has 0 aromatic carbocycles. The summed E-state index contributed by atoms with van der Waals surface area (Å²) in [5.41, 5.74) is 0.369. The molecule has 7 nitrogen and oxygen atoms in total. The molecule has 124 valence electrons. The third kappa shape index (κ3) is 3.79. The zero-order chi connectivity index (χ0) is 16.2. The van der Waals surface area contributed by atoms with E-state index >= 15 is 0 Å². The van der Waals surface area contributed by atoms with E-state index in [1.807, 2.05) is 30.8 Å². The molecule has 2 aromatic heterocycles. The van der Waals surface area contributed by atoms with Crippen molar-refractivity contribution in [3.8, 4) is 0 Å². The fourth-order valence-electron chi connectivity index (χ4n) is 2.63. The lowest BCUT2D eigenvalue weighted by Gasteiger charge is -2.23. The van der Waals surface area contributed by atoms with Crippen molar-refractivity contribution in [1.29, 1.82) is 0 Å². The minimum Gasteiger partial charge on any atom is -0.374 e. The van der Waals surface area contributed by atoms with E-state index in [2.05, 4.69) is 10.3 Å². The predicted octanol–water partition coefficient (Wildman–Crippen LogP) is 1.93. The summed E-state index contributed by atoms with van der Waals surface area (Å²) in [5.74, 6) is 0.841. The number of carbonyl (C=O) groups excluding carboxylic acids is 1. The Morgan fingerprint density at radius 1 is 1.48 bits per heavy atom. The number of aromatic nitrogens is 3. The van der Waals surface area contributed by atoms with E-state index in [0.29, 0.717) is 31.9 Å². The van der Waals surface area contributed by atoms with Crippen LogP contribution >= 0.6 is 0 Å². The van der Waals surface area contributed by atoms with E-state index in [4.69, 9.17) is 9.26 Å². The molecule has 0 bridgehead atoms. The highest BCUT2D eigenvalue weighted by molar-refractivity contribution is 5.92. The summed E-state index contributed by atoms with van der Waals surface area (Å²) in [6.45, 7) is 6.49. The van der Waals surface area contributed by atoms with Gasteiger partial charge in [0.2, 0.25) is 0 Å². The summed E-state index contributed by atoms with van der Waals surface area (Å²) in [6, 6.07) is 3.61. The van der Waals surface area contributed by atoms with Crippen molar-refractivity contribution in [2.75, 3.05) is 19.7 Å². The molecular weight excluding hydrogens is 296 g/mol. The second kappa shape index (κ2) is 6.95. The van der Waals surface area contributed by atoms with Gasteiger partial charge in [0.1, 0.15) is 5.76 Å². The molecule has 2 aromatic rings. The third-order valence-corrected chi connectivity index (χ3v) is 3.90. The normalized spacial score (nSPS) is 19.1. The fraction of sp³-hybridized carbons (Fsp3) is 0.562. The standard InChI is InChI=1S/C16H22N4O3/c1-12(2)15-9-14(18-23-15)16(21)19-6-4-8-22-13(10-19)11-20-7-3-5-17-20/h3,5,7,9,12-13H,4,6,8,10-11H2,1-2H3. The van der Waals surface area contributed by atoms with E-state index in [0.717, 1.165) is 12.2 Å². The molecule has 0 spiro atoms. The van der Waals surface area contributed by atoms with Crippen LogP contribution in [0.2, 0.25) is 0 Å². The highest BCUT2D eigenvalue weighted by Gasteiger charge is 2.26. The van der Waals surface area contributed by atoms with Gasteiger partial charge in [0.05, 0.1) is 12.6 Å². The molecule has 0 N–H and O–H groups in total. The summed E-state index contributed by atoms with van der Waals surface area (Å²) in [4.78, 5) is 14.5. The van der Waals surface area contributed by atoms with Crippen LogP contribution in [0.4, 0.5) is 0 Å². The highest BCUT2D eigenvalue weighted by atomic mass is 16.5. The molecule has 3 heterocycles. The number of hydrogen-bond acceptors (Lipinski definition) is 5. The van der Waals surface area contributed by atoms with Crippen molar-refractivity contribution in [2.24, 2.45) is 0 Å². The van der Waals surface area contributed by atoms with E-state index in [1.54, 1.807) is 17.2 Å². The fourth-order valence-corrected chi connectivity index (χ4v) is 2.63. The molecule has 1 aliphatic rings. The van der Waals surface area contributed by atoms with E-state index in [9.17, 15) is 4.79 Å². The lowest BCUT2D eigenvalue weighted by atomic mass is 10.1. The molecule has 3 rings (SSSR count). The predicted molar refractivity (Wildman–Crippen MR) is 83.1 cm³/mol. The molecule has 7 heteroatoms. The number of amides is 1. The highest BCUT2D eigenvalue weighted by Crippen LogP contribution is 2.17. The smallest absolute Gasteiger partial charge is 0.276 e. The van der Waals surface area contributed by atoms with Crippen LogP contribution in [0.25, 0.3) is 0 Å². The summed E-state index contributed by atoms with van der Waals surface area (Å²) >= 11 is 0. The molecule has 1 unspecified atom stereocenters. The zero-order valence-electron chi connectivity index (χ0n) is 13.5. The maximum Gasteiger partial charge on any atom is 0.276 e. The number of nitrogens with zero attached hydrogens (tertiary/aromatic N) is 4. The number of carbonyl (C=O) groups is 1. The first-order valence-corrected chi connectivity index (χ1v) is 7.98. The van der Waals surface area contributed by atoms with Gasteiger partial charge in [0.25, 0.3) is 5.91 Å². The Morgan fingerprint density at radius 3 is 3.04 bits per heavy atom. The Balaban J connectivity index is 1.68. The van der Waals surface area contributed by atoms with E-state index in [-0.39, 0.29) is 17.9 Å². The lowest BCUT2D eigenvalue weighted by Crippen LogP contribution is -2.38. The topological polar surface area (TPSA) is 73.4 Å². The van der Waals surface area contributed by atoms with Gasteiger partial charge < -0.3 is 14.2 Å². The number of ether oxygens (including phenoxy) is 1. The van der Waals surface area contributed by atoms with Crippen LogP contribution < -0.4 is 0 Å². The maximum atomic E-state index is 12.7. The van der Waals surface area contributed by atoms with Gasteiger partial charge in [-0.25, -0.2) is 0 Å². The van der Waals surface area contributed by atoms with Gasteiger partial charge in [-0.05, 0) is 12.5 Å². The first-order chi connectivity index (χ1) is 11.1. The van der Waals surface area contributed by atoms with Crippen LogP contribution in [0.3, 0.4) is 0 Å². The maximum absolute atomic E-state index is 12.7. The molecule has 1 saturated heterocycles. The molecule has 1 amide bonds. The van der Waals surface area contributed by atoms with Crippen molar-refractivity contribution in [3.05, 3.63) is 36.0 Å². The molecule has 23 heavy (non-hydrogen) atoms. The Hall–Kier alpha value is -2.15. The molecule has 1 fully saturated rings. The first kappa shape index (κ1) is 15.7. The average Bonchev–Trinajstić information content (AvgIpc) is 3.16. The number of rotatable bonds is 4. The van der Waals surface area contributed by atoms with Crippen molar-refractivity contribution in [3.63, 3.8) is 0 Å². The summed E-state index contributed by atoms with van der Waals surface area (Å²) in [5, 5.41) is 8.12. The van der Waals surface area contributed by atoms with Crippen LogP contribution in [0, 0.1) is 0 Å². The van der Waals surface area contributed by atoms with Crippen LogP contribution in [-0.2, 0) is 11.3 Å². The molecule has 0 aliphatic carbocycles. The average molecular weight is 318 g/mol. The summed E-state index contributed by atoms with van der Waals surface area (Å²) in [6.07, 6.45) is 4.38. The Labute approximate surface area is 135 Å². The van der Waals surface area contributed by atoms with Crippen LogP contribution in [0.5, 0.6) is 0 Å². The summed E-state index contributed by atoms with van der Waals surface area (Å²) in [7, 11) is 0. The van der Waals surface area contributed by atoms with Crippen molar-refractivity contribution < 1.29 is 14.1 Å². The van der Waals surface area contributed by atoms with Gasteiger partial charge in [-0.1, -0.05) is 19.0 Å². The van der Waals surface area contributed by atoms with Crippen LogP contribution in [0.1, 0.15) is 42.4 Å². The Bertz CT molecular complexity index is 636. The minimum atomic E-state index is -0.100. The Morgan fingerprint density at radius 2 is 2.35 bits per heavy atom. The van der Waals surface area contributed by atoms with Crippen LogP contribution in [-0.4, -0.2) is 51.5 Å². The van der Waals surface area contributed by atoms with Crippen molar-refractivity contribution >= 4 is 5.91 Å². The largest absolute Gasteiger partial charge is 0.374 e. The van der Waals surface area contributed by atoms with Gasteiger partial charge in [0.15, 0.2) is 5.69 Å². The quantitative estimate of drug-likeness (QED) is 0.861. The van der Waals surface area contributed by atoms with E-state index < -0.39 is 0 Å². The van der Waals surface area contributed by atoms with Gasteiger partial charge in [0, 0.05) is 44.1 Å². The number of hydrogen-bond donors (Lipinski definition) is 0.